The average molecular weight is 142 g/mol. The molecule has 0 radical (unpaired) electrons. The Kier molecular flexibility index (Phi) is 3.01. The van der Waals surface area contributed by atoms with Gasteiger partial charge in [-0.15, -0.1) is 12.3 Å². The van der Waals surface area contributed by atoms with Crippen LogP contribution in [0.3, 0.4) is 0 Å². The summed E-state index contributed by atoms with van der Waals surface area (Å²) in [6.07, 6.45) is 3.92. The van der Waals surface area contributed by atoms with Gasteiger partial charge in [0.15, 0.2) is 0 Å². The minimum atomic E-state index is -0.0824. The lowest BCUT2D eigenvalue weighted by atomic mass is 10.2. The molecule has 1 saturated heterocycles. The molecule has 0 bridgehead atoms. The van der Waals surface area contributed by atoms with Gasteiger partial charge >= 0.3 is 0 Å². The smallest absolute Gasteiger partial charge is 0.0788 e. The van der Waals surface area contributed by atoms with Crippen LogP contribution < -0.4 is 0 Å². The first-order valence-electron chi connectivity index (χ1n) is 3.66. The Morgan fingerprint density at radius 2 is 2.44 bits per heavy atom. The molecule has 1 rings (SSSR count). The van der Waals surface area contributed by atoms with Crippen LogP contribution in [0.25, 0.3) is 0 Å². The summed E-state index contributed by atoms with van der Waals surface area (Å²) in [5, 5.41) is 0. The highest BCUT2D eigenvalue weighted by atomic mass is 28.2. The van der Waals surface area contributed by atoms with Crippen molar-refractivity contribution >= 4 is 9.52 Å². The van der Waals surface area contributed by atoms with Crippen LogP contribution in [-0.2, 0) is 4.74 Å². The van der Waals surface area contributed by atoms with Crippen LogP contribution in [0.5, 0.6) is 0 Å². The molecule has 0 saturated carbocycles. The molecule has 9 heavy (non-hydrogen) atoms. The molecular weight excluding hydrogens is 128 g/mol. The third-order valence-electron chi connectivity index (χ3n) is 1.70. The highest BCUT2D eigenvalue weighted by molar-refractivity contribution is 6.43. The Morgan fingerprint density at radius 1 is 1.56 bits per heavy atom. The zero-order valence-corrected chi connectivity index (χ0v) is 7.22. The summed E-state index contributed by atoms with van der Waals surface area (Å²) in [6.45, 7) is 4.73. The fourth-order valence-corrected chi connectivity index (χ4v) is 2.38. The lowest BCUT2D eigenvalue weighted by Gasteiger charge is -2.20. The van der Waals surface area contributed by atoms with E-state index >= 15 is 0 Å². The van der Waals surface area contributed by atoms with Gasteiger partial charge in [0.05, 0.1) is 9.52 Å². The van der Waals surface area contributed by atoms with Gasteiger partial charge in [0.2, 0.25) is 0 Å². The van der Waals surface area contributed by atoms with Crippen LogP contribution in [-0.4, -0.2) is 21.9 Å². The predicted octanol–water partition coefficient (Wildman–Crippen LogP) is 0.825. The van der Waals surface area contributed by atoms with Gasteiger partial charge in [0, 0.05) is 12.3 Å². The fraction of sp³-hybridized carbons (Fsp3) is 0.714. The molecule has 1 nitrogen and oxygen atoms in total. The lowest BCUT2D eigenvalue weighted by molar-refractivity contribution is 0.0659. The molecule has 0 aromatic carbocycles. The van der Waals surface area contributed by atoms with Crippen molar-refractivity contribution in [2.75, 3.05) is 6.61 Å². The van der Waals surface area contributed by atoms with E-state index in [0.29, 0.717) is 5.73 Å². The molecule has 1 aliphatic rings. The highest BCUT2D eigenvalue weighted by Gasteiger charge is 2.11. The Bertz CT molecular complexity index is 86.9. The molecule has 1 aliphatic heterocycles. The van der Waals surface area contributed by atoms with Crippen molar-refractivity contribution in [3.05, 3.63) is 12.3 Å². The maximum absolute atomic E-state index is 5.51. The van der Waals surface area contributed by atoms with Crippen LogP contribution in [0.1, 0.15) is 19.3 Å². The molecule has 0 amide bonds. The fourth-order valence-electron chi connectivity index (χ4n) is 1.18. The molecule has 0 aliphatic carbocycles. The van der Waals surface area contributed by atoms with E-state index in [1.807, 2.05) is 0 Å². The molecule has 2 heteroatoms. The minimum absolute atomic E-state index is 0.0824. The van der Waals surface area contributed by atoms with Crippen LogP contribution >= 0.6 is 0 Å². The van der Waals surface area contributed by atoms with E-state index in [1.54, 1.807) is 0 Å². The maximum atomic E-state index is 5.51. The van der Waals surface area contributed by atoms with Crippen LogP contribution in [0.4, 0.5) is 0 Å². The van der Waals surface area contributed by atoms with Gasteiger partial charge in [-0.05, 0) is 19.3 Å². The second kappa shape index (κ2) is 3.85. The highest BCUT2D eigenvalue weighted by Crippen LogP contribution is 2.10. The van der Waals surface area contributed by atoms with Crippen molar-refractivity contribution in [2.24, 2.45) is 0 Å². The van der Waals surface area contributed by atoms with Gasteiger partial charge in [0.1, 0.15) is 0 Å². The molecular formula is C7H14OSi. The summed E-state index contributed by atoms with van der Waals surface area (Å²) in [4.78, 5) is 0. The van der Waals surface area contributed by atoms with E-state index in [9.17, 15) is 0 Å². The van der Waals surface area contributed by atoms with E-state index in [2.05, 4.69) is 12.3 Å². The molecule has 1 heterocycles. The third kappa shape index (κ3) is 2.33. The van der Waals surface area contributed by atoms with Crippen molar-refractivity contribution in [1.82, 2.24) is 0 Å². The van der Waals surface area contributed by atoms with Crippen molar-refractivity contribution in [3.8, 4) is 0 Å². The van der Waals surface area contributed by atoms with Crippen LogP contribution in [0.15, 0.2) is 12.3 Å². The van der Waals surface area contributed by atoms with E-state index < -0.39 is 0 Å². The summed E-state index contributed by atoms with van der Waals surface area (Å²) < 4.78 is 5.51. The molecule has 52 valence electrons. The van der Waals surface area contributed by atoms with Gasteiger partial charge in [-0.1, -0.05) is 0 Å². The summed E-state index contributed by atoms with van der Waals surface area (Å²) >= 11 is 0. The zero-order chi connectivity index (χ0) is 6.53. The van der Waals surface area contributed by atoms with Crippen molar-refractivity contribution in [1.29, 1.82) is 0 Å². The van der Waals surface area contributed by atoms with Crippen molar-refractivity contribution < 1.29 is 4.74 Å². The lowest BCUT2D eigenvalue weighted by Crippen LogP contribution is -2.24. The SMILES string of the molecule is C=C[SiH2]C1CCCCO1. The van der Waals surface area contributed by atoms with Gasteiger partial charge in [0.25, 0.3) is 0 Å². The first kappa shape index (κ1) is 7.03. The van der Waals surface area contributed by atoms with Crippen LogP contribution in [0, 0.1) is 0 Å². The molecule has 0 N–H and O–H groups in total. The van der Waals surface area contributed by atoms with Gasteiger partial charge in [-0.25, -0.2) is 0 Å². The number of hydrogen-bond acceptors (Lipinski definition) is 1. The summed E-state index contributed by atoms with van der Waals surface area (Å²) in [5.74, 6) is 0. The number of ether oxygens (including phenoxy) is 1. The largest absolute Gasteiger partial charge is 0.382 e. The average Bonchev–Trinajstić information content (AvgIpc) is 1.91. The van der Waals surface area contributed by atoms with Gasteiger partial charge < -0.3 is 4.74 Å². The van der Waals surface area contributed by atoms with E-state index in [0.717, 1.165) is 6.61 Å². The van der Waals surface area contributed by atoms with Gasteiger partial charge in [-0.2, -0.15) is 0 Å². The predicted molar refractivity (Wildman–Crippen MR) is 42.3 cm³/mol. The second-order valence-electron chi connectivity index (χ2n) is 2.51. The summed E-state index contributed by atoms with van der Waals surface area (Å²) in [7, 11) is -0.0824. The minimum Gasteiger partial charge on any atom is -0.382 e. The van der Waals surface area contributed by atoms with E-state index in [4.69, 9.17) is 4.74 Å². The van der Waals surface area contributed by atoms with E-state index in [-0.39, 0.29) is 9.52 Å². The van der Waals surface area contributed by atoms with Crippen LogP contribution in [0.2, 0.25) is 0 Å². The first-order valence-corrected chi connectivity index (χ1v) is 5.29. The first-order chi connectivity index (χ1) is 4.43. The topological polar surface area (TPSA) is 9.23 Å². The Labute approximate surface area is 58.9 Å². The Morgan fingerprint density at radius 3 is 3.00 bits per heavy atom. The number of rotatable bonds is 2. The second-order valence-corrected chi connectivity index (χ2v) is 4.47. The number of hydrogen-bond donors (Lipinski definition) is 0. The van der Waals surface area contributed by atoms with E-state index in [1.165, 1.54) is 19.3 Å². The van der Waals surface area contributed by atoms with Crippen molar-refractivity contribution in [2.45, 2.75) is 25.0 Å². The quantitative estimate of drug-likeness (QED) is 0.519. The van der Waals surface area contributed by atoms with Gasteiger partial charge in [-0.3, -0.25) is 0 Å². The normalized spacial score (nSPS) is 29.1. The maximum Gasteiger partial charge on any atom is 0.0788 e. The molecule has 1 atom stereocenters. The third-order valence-corrected chi connectivity index (χ3v) is 3.21. The Hall–Kier alpha value is -0.0831. The molecule has 0 aromatic rings. The summed E-state index contributed by atoms with van der Waals surface area (Å²) in [6, 6.07) is 0. The zero-order valence-electron chi connectivity index (χ0n) is 5.81. The summed E-state index contributed by atoms with van der Waals surface area (Å²) in [5.41, 5.74) is 2.70. The van der Waals surface area contributed by atoms with Crippen molar-refractivity contribution in [3.63, 3.8) is 0 Å². The monoisotopic (exact) mass is 142 g/mol. The Balaban J connectivity index is 2.15. The molecule has 0 spiro atoms. The standard InChI is InChI=1S/C7H14OSi/c1-2-9-7-5-3-4-6-8-7/h2,7H,1,3-6,9H2. The molecule has 1 fully saturated rings. The molecule has 1 unspecified atom stereocenters. The molecule has 0 aromatic heterocycles.